The van der Waals surface area contributed by atoms with E-state index < -0.39 is 39.8 Å². The molecule has 0 bridgehead atoms. The van der Waals surface area contributed by atoms with Crippen LogP contribution in [0, 0.1) is 6.92 Å². The highest BCUT2D eigenvalue weighted by Crippen LogP contribution is 2.38. The maximum absolute atomic E-state index is 13.9. The molecule has 1 aromatic carbocycles. The van der Waals surface area contributed by atoms with Crippen LogP contribution in [0.2, 0.25) is 0 Å². The maximum Gasteiger partial charge on any atom is 0.423 e. The van der Waals surface area contributed by atoms with E-state index in [0.717, 1.165) is 19.6 Å². The largest absolute Gasteiger partial charge is 0.467 e. The van der Waals surface area contributed by atoms with E-state index in [9.17, 15) is 27.0 Å². The summed E-state index contributed by atoms with van der Waals surface area (Å²) in [6, 6.07) is 5.94. The molecular weight excluding hydrogens is 375 g/mol. The third kappa shape index (κ3) is 4.35. The first-order chi connectivity index (χ1) is 12.0. The summed E-state index contributed by atoms with van der Waals surface area (Å²) in [5.74, 6) is -1.79. The zero-order valence-electron chi connectivity index (χ0n) is 14.7. The van der Waals surface area contributed by atoms with Gasteiger partial charge >= 0.3 is 18.2 Å². The molecule has 1 amide bonds. The topological polar surface area (TPSA) is 81.7 Å². The fraction of sp³-hybridized carbons (Fsp3) is 0.500. The molecule has 0 saturated heterocycles. The molecule has 1 N–H and O–H groups in total. The van der Waals surface area contributed by atoms with Crippen LogP contribution in [0.1, 0.15) is 19.4 Å². The normalized spacial score (nSPS) is 16.1. The molecule has 0 heterocycles. The molecule has 0 aliphatic rings. The maximum atomic E-state index is 13.9. The van der Waals surface area contributed by atoms with E-state index in [1.165, 1.54) is 24.4 Å². The van der Waals surface area contributed by atoms with Crippen molar-refractivity contribution in [3.8, 4) is 0 Å². The molecule has 10 heteroatoms. The van der Waals surface area contributed by atoms with Gasteiger partial charge in [-0.25, -0.2) is 9.59 Å². The van der Waals surface area contributed by atoms with Crippen LogP contribution in [0.25, 0.3) is 0 Å². The summed E-state index contributed by atoms with van der Waals surface area (Å²) < 4.78 is 63.2. The number of carbonyl (C=O) groups is 2. The van der Waals surface area contributed by atoms with Gasteiger partial charge in [-0.1, -0.05) is 17.7 Å². The summed E-state index contributed by atoms with van der Waals surface area (Å²) in [5.41, 5.74) is -2.72. The van der Waals surface area contributed by atoms with E-state index in [1.807, 2.05) is 0 Å². The number of nitrogens with one attached hydrogen (secondary N) is 1. The lowest BCUT2D eigenvalue weighted by Crippen LogP contribution is -2.70. The number of ether oxygens (including phenoxy) is 2. The van der Waals surface area contributed by atoms with Gasteiger partial charge in [0.05, 0.1) is 29.8 Å². The summed E-state index contributed by atoms with van der Waals surface area (Å²) >= 11 is 0. The number of alkyl halides is 3. The molecule has 0 aliphatic heterocycles. The fourth-order valence-electron chi connectivity index (χ4n) is 2.26. The summed E-state index contributed by atoms with van der Waals surface area (Å²) in [5, 5.41) is -0.357. The van der Waals surface area contributed by atoms with Crippen LogP contribution in [-0.4, -0.2) is 47.0 Å². The van der Waals surface area contributed by atoms with E-state index in [4.69, 9.17) is 0 Å². The summed E-state index contributed by atoms with van der Waals surface area (Å²) in [4.78, 5) is 23.9. The third-order valence-electron chi connectivity index (χ3n) is 3.71. The monoisotopic (exact) mass is 395 g/mol. The Balaban J connectivity index is 3.45. The van der Waals surface area contributed by atoms with Gasteiger partial charge in [0.2, 0.25) is 0 Å². The number of hydrogen-bond donors (Lipinski definition) is 1. The van der Waals surface area contributed by atoms with Crippen LogP contribution in [-0.2, 0) is 25.1 Å². The second-order valence-electron chi connectivity index (χ2n) is 5.40. The molecule has 0 aromatic heterocycles. The van der Waals surface area contributed by atoms with Crippen molar-refractivity contribution in [1.82, 2.24) is 5.32 Å². The molecule has 0 fully saturated rings. The standard InChI is InChI=1S/C16H20F3NO5S/c1-5-25-14(22)20-15(13(21)24-4,16(17,18)19)11(3)26(23)12-8-6-10(2)7-9-12/h6-9,11H,5H2,1-4H3,(H,20,22)/t11-,15-,26?/m1/s1. The molecule has 0 spiro atoms. The third-order valence-corrected chi connectivity index (χ3v) is 5.45. The van der Waals surface area contributed by atoms with Crippen molar-refractivity contribution in [2.45, 2.75) is 42.6 Å². The predicted octanol–water partition coefficient (Wildman–Crippen LogP) is 2.71. The first kappa shape index (κ1) is 21.9. The zero-order valence-corrected chi connectivity index (χ0v) is 15.5. The second kappa shape index (κ2) is 8.52. The van der Waals surface area contributed by atoms with Crippen LogP contribution >= 0.6 is 0 Å². The molecule has 3 atom stereocenters. The van der Waals surface area contributed by atoms with E-state index in [-0.39, 0.29) is 11.5 Å². The second-order valence-corrected chi connectivity index (χ2v) is 7.17. The Morgan fingerprint density at radius 1 is 1.23 bits per heavy atom. The fourth-order valence-corrected chi connectivity index (χ4v) is 3.68. The highest BCUT2D eigenvalue weighted by molar-refractivity contribution is 7.85. The van der Waals surface area contributed by atoms with Crippen molar-refractivity contribution >= 4 is 22.9 Å². The Morgan fingerprint density at radius 3 is 2.19 bits per heavy atom. The Labute approximate surface area is 151 Å². The number of alkyl carbamates (subject to hydrolysis) is 1. The van der Waals surface area contributed by atoms with E-state index in [0.29, 0.717) is 0 Å². The Morgan fingerprint density at radius 2 is 1.77 bits per heavy atom. The van der Waals surface area contributed by atoms with Crippen molar-refractivity contribution in [3.63, 3.8) is 0 Å². The van der Waals surface area contributed by atoms with E-state index >= 15 is 0 Å². The van der Waals surface area contributed by atoms with Gasteiger partial charge in [0.1, 0.15) is 0 Å². The number of methoxy groups -OCH3 is 1. The van der Waals surface area contributed by atoms with Gasteiger partial charge in [-0.15, -0.1) is 0 Å². The lowest BCUT2D eigenvalue weighted by atomic mass is 9.95. The number of carbonyl (C=O) groups excluding carboxylic acids is 2. The molecule has 26 heavy (non-hydrogen) atoms. The summed E-state index contributed by atoms with van der Waals surface area (Å²) in [6.07, 6.45) is -6.75. The smallest absolute Gasteiger partial charge is 0.423 e. The van der Waals surface area contributed by atoms with Gasteiger partial charge in [0.25, 0.3) is 5.54 Å². The van der Waals surface area contributed by atoms with Crippen molar-refractivity contribution < 1.29 is 36.4 Å². The molecule has 0 saturated carbocycles. The summed E-state index contributed by atoms with van der Waals surface area (Å²) in [6.45, 7) is 3.89. The molecule has 1 aromatic rings. The van der Waals surface area contributed by atoms with Gasteiger partial charge in [0.15, 0.2) is 0 Å². The number of rotatable bonds is 6. The molecule has 1 unspecified atom stereocenters. The minimum absolute atomic E-state index is 0.0753. The molecular formula is C16H20F3NO5S. The van der Waals surface area contributed by atoms with Gasteiger partial charge in [-0.3, -0.25) is 9.53 Å². The molecule has 146 valence electrons. The number of hydrogen-bond acceptors (Lipinski definition) is 5. The first-order valence-corrected chi connectivity index (χ1v) is 8.79. The Bertz CT molecular complexity index is 677. The van der Waals surface area contributed by atoms with Gasteiger partial charge in [0, 0.05) is 4.90 Å². The molecule has 0 aliphatic carbocycles. The van der Waals surface area contributed by atoms with Gasteiger partial charge in [-0.2, -0.15) is 13.2 Å². The predicted molar refractivity (Wildman–Crippen MR) is 88.0 cm³/mol. The average molecular weight is 395 g/mol. The number of amides is 1. The zero-order chi connectivity index (χ0) is 20.1. The van der Waals surface area contributed by atoms with Crippen LogP contribution in [0.3, 0.4) is 0 Å². The van der Waals surface area contributed by atoms with Crippen LogP contribution in [0.5, 0.6) is 0 Å². The summed E-state index contributed by atoms with van der Waals surface area (Å²) in [7, 11) is -1.54. The first-order valence-electron chi connectivity index (χ1n) is 7.58. The minimum Gasteiger partial charge on any atom is -0.467 e. The van der Waals surface area contributed by atoms with Gasteiger partial charge in [-0.05, 0) is 32.9 Å². The SMILES string of the molecule is CCOC(=O)N[C@@](C(=O)OC)([C@@H](C)S(=O)c1ccc(C)cc1)C(F)(F)F. The van der Waals surface area contributed by atoms with Crippen molar-refractivity contribution in [3.05, 3.63) is 29.8 Å². The number of benzene rings is 1. The van der Waals surface area contributed by atoms with Crippen molar-refractivity contribution in [1.29, 1.82) is 0 Å². The van der Waals surface area contributed by atoms with E-state index in [2.05, 4.69) is 9.47 Å². The quantitative estimate of drug-likeness (QED) is 0.749. The van der Waals surface area contributed by atoms with Gasteiger partial charge < -0.3 is 9.47 Å². The highest BCUT2D eigenvalue weighted by Gasteiger charge is 2.67. The van der Waals surface area contributed by atoms with Crippen molar-refractivity contribution in [2.75, 3.05) is 13.7 Å². The van der Waals surface area contributed by atoms with Crippen LogP contribution in [0.15, 0.2) is 29.2 Å². The molecule has 6 nitrogen and oxygen atoms in total. The molecule has 1 rings (SSSR count). The number of aryl methyl sites for hydroxylation is 1. The Kier molecular flexibility index (Phi) is 7.19. The Hall–Kier alpha value is -2.10. The van der Waals surface area contributed by atoms with Crippen molar-refractivity contribution in [2.24, 2.45) is 0 Å². The highest BCUT2D eigenvalue weighted by atomic mass is 32.2. The minimum atomic E-state index is -5.29. The number of halogens is 3. The van der Waals surface area contributed by atoms with Crippen LogP contribution < -0.4 is 5.32 Å². The number of esters is 1. The van der Waals surface area contributed by atoms with E-state index in [1.54, 1.807) is 19.1 Å². The van der Waals surface area contributed by atoms with Crippen LogP contribution in [0.4, 0.5) is 18.0 Å². The molecule has 0 radical (unpaired) electrons. The average Bonchev–Trinajstić information content (AvgIpc) is 2.57. The lowest BCUT2D eigenvalue weighted by molar-refractivity contribution is -0.209. The lowest BCUT2D eigenvalue weighted by Gasteiger charge is -2.37.